The Balaban J connectivity index is 1.78. The molecule has 0 aliphatic carbocycles. The molecule has 0 aromatic heterocycles. The Bertz CT molecular complexity index is 1090. The number of anilines is 1. The van der Waals surface area contributed by atoms with Crippen molar-refractivity contribution >= 4 is 38.9 Å². The molecule has 0 atom stereocenters. The molecule has 1 amide bonds. The lowest BCUT2D eigenvalue weighted by atomic mass is 10.1. The van der Waals surface area contributed by atoms with Crippen LogP contribution in [0.1, 0.15) is 10.4 Å². The number of rotatable bonds is 4. The van der Waals surface area contributed by atoms with E-state index >= 15 is 0 Å². The van der Waals surface area contributed by atoms with Crippen molar-refractivity contribution in [3.63, 3.8) is 0 Å². The molecule has 1 aliphatic rings. The summed E-state index contributed by atoms with van der Waals surface area (Å²) in [6, 6.07) is 7.31. The minimum atomic E-state index is -3.79. The molecule has 1 saturated heterocycles. The second-order valence-electron chi connectivity index (χ2n) is 6.30. The van der Waals surface area contributed by atoms with E-state index in [1.807, 2.05) is 0 Å². The Kier molecular flexibility index (Phi) is 5.73. The molecule has 0 saturated carbocycles. The van der Waals surface area contributed by atoms with Crippen LogP contribution < -0.4 is 5.73 Å². The van der Waals surface area contributed by atoms with Gasteiger partial charge in [-0.1, -0.05) is 17.7 Å². The quantitative estimate of drug-likeness (QED) is 0.439. The minimum Gasteiger partial charge on any atom is -0.393 e. The highest BCUT2D eigenvalue weighted by atomic mass is 35.5. The fraction of sp³-hybridized carbons (Fsp3) is 0.235. The number of hydrogen-bond donors (Lipinski definition) is 1. The SMILES string of the molecule is Nc1c(C(=O)N2CCN(S(=O)(=O)c3cccc(Cl)c3)CC2)cc(F)cc1[N+](=O)[O-]. The number of amides is 1. The first-order valence-corrected chi connectivity index (χ1v) is 10.2. The summed E-state index contributed by atoms with van der Waals surface area (Å²) in [5, 5.41) is 11.3. The average Bonchev–Trinajstić information content (AvgIpc) is 2.69. The number of nitrogens with zero attached hydrogens (tertiary/aromatic N) is 3. The van der Waals surface area contributed by atoms with Gasteiger partial charge in [-0.2, -0.15) is 4.31 Å². The van der Waals surface area contributed by atoms with E-state index in [9.17, 15) is 27.7 Å². The third-order valence-electron chi connectivity index (χ3n) is 4.51. The van der Waals surface area contributed by atoms with Crippen molar-refractivity contribution in [2.75, 3.05) is 31.9 Å². The summed E-state index contributed by atoms with van der Waals surface area (Å²) < 4.78 is 40.4. The minimum absolute atomic E-state index is 0.00208. The zero-order valence-electron chi connectivity index (χ0n) is 14.9. The van der Waals surface area contributed by atoms with Crippen LogP contribution in [0.25, 0.3) is 0 Å². The number of nitrogen functional groups attached to an aromatic ring is 1. The zero-order chi connectivity index (χ0) is 21.3. The molecular formula is C17H16ClFN4O5S. The van der Waals surface area contributed by atoms with Gasteiger partial charge in [0.15, 0.2) is 0 Å². The molecule has 2 N–H and O–H groups in total. The summed E-state index contributed by atoms with van der Waals surface area (Å²) in [6.45, 7) is 0.0283. The van der Waals surface area contributed by atoms with Crippen LogP contribution in [0, 0.1) is 15.9 Å². The molecule has 2 aromatic carbocycles. The Morgan fingerprint density at radius 3 is 2.41 bits per heavy atom. The van der Waals surface area contributed by atoms with Crippen LogP contribution in [-0.2, 0) is 10.0 Å². The highest BCUT2D eigenvalue weighted by Crippen LogP contribution is 2.28. The number of benzene rings is 2. The van der Waals surface area contributed by atoms with Gasteiger partial charge in [0.25, 0.3) is 11.6 Å². The summed E-state index contributed by atoms with van der Waals surface area (Å²) in [4.78, 5) is 24.1. The van der Waals surface area contributed by atoms with Gasteiger partial charge in [0.2, 0.25) is 10.0 Å². The maximum absolute atomic E-state index is 13.7. The lowest BCUT2D eigenvalue weighted by Gasteiger charge is -2.34. The van der Waals surface area contributed by atoms with E-state index in [1.165, 1.54) is 27.4 Å². The maximum atomic E-state index is 13.7. The number of carbonyl (C=O) groups excluding carboxylic acids is 1. The van der Waals surface area contributed by atoms with Gasteiger partial charge in [-0.25, -0.2) is 12.8 Å². The molecular weight excluding hydrogens is 427 g/mol. The summed E-state index contributed by atoms with van der Waals surface area (Å²) in [5.74, 6) is -1.67. The molecule has 154 valence electrons. The molecule has 9 nitrogen and oxygen atoms in total. The third kappa shape index (κ3) is 4.16. The highest BCUT2D eigenvalue weighted by molar-refractivity contribution is 7.89. The smallest absolute Gasteiger partial charge is 0.295 e. The predicted molar refractivity (Wildman–Crippen MR) is 104 cm³/mol. The number of carbonyl (C=O) groups is 1. The molecule has 29 heavy (non-hydrogen) atoms. The second-order valence-corrected chi connectivity index (χ2v) is 8.67. The summed E-state index contributed by atoms with van der Waals surface area (Å²) in [5.41, 5.74) is 4.21. The lowest BCUT2D eigenvalue weighted by Crippen LogP contribution is -2.50. The van der Waals surface area contributed by atoms with Crippen LogP contribution in [0.2, 0.25) is 5.02 Å². The first-order chi connectivity index (χ1) is 13.6. The van der Waals surface area contributed by atoms with Crippen LogP contribution in [-0.4, -0.2) is 54.6 Å². The van der Waals surface area contributed by atoms with E-state index in [1.54, 1.807) is 6.07 Å². The average molecular weight is 443 g/mol. The number of nitrogens with two attached hydrogens (primary N) is 1. The maximum Gasteiger partial charge on any atom is 0.295 e. The van der Waals surface area contributed by atoms with Gasteiger partial charge < -0.3 is 10.6 Å². The van der Waals surface area contributed by atoms with E-state index in [0.717, 1.165) is 6.07 Å². The fourth-order valence-corrected chi connectivity index (χ4v) is 4.73. The second kappa shape index (κ2) is 7.93. The standard InChI is InChI=1S/C17H16ClFN4O5S/c18-11-2-1-3-13(8-11)29(27,28)22-6-4-21(5-7-22)17(24)14-9-12(19)10-15(16(14)20)23(25)26/h1-3,8-10H,4-7,20H2. The zero-order valence-corrected chi connectivity index (χ0v) is 16.5. The summed E-state index contributed by atoms with van der Waals surface area (Å²) >= 11 is 5.86. The van der Waals surface area contributed by atoms with Crippen molar-refractivity contribution < 1.29 is 22.5 Å². The number of hydrogen-bond acceptors (Lipinski definition) is 6. The topological polar surface area (TPSA) is 127 Å². The van der Waals surface area contributed by atoms with Crippen molar-refractivity contribution in [2.45, 2.75) is 4.90 Å². The number of sulfonamides is 1. The third-order valence-corrected chi connectivity index (χ3v) is 6.64. The van der Waals surface area contributed by atoms with Crippen molar-refractivity contribution in [1.82, 2.24) is 9.21 Å². The first-order valence-electron chi connectivity index (χ1n) is 8.39. The van der Waals surface area contributed by atoms with Crippen molar-refractivity contribution in [3.8, 4) is 0 Å². The lowest BCUT2D eigenvalue weighted by molar-refractivity contribution is -0.384. The van der Waals surface area contributed by atoms with Gasteiger partial charge in [0, 0.05) is 31.2 Å². The molecule has 12 heteroatoms. The van der Waals surface area contributed by atoms with Gasteiger partial charge >= 0.3 is 0 Å². The molecule has 1 aliphatic heterocycles. The molecule has 3 rings (SSSR count). The van der Waals surface area contributed by atoms with E-state index in [-0.39, 0.29) is 41.7 Å². The van der Waals surface area contributed by atoms with E-state index in [4.69, 9.17) is 17.3 Å². The molecule has 0 radical (unpaired) electrons. The first kappa shape index (κ1) is 21.0. The number of nitro groups is 1. The summed E-state index contributed by atoms with van der Waals surface area (Å²) in [7, 11) is -3.79. The van der Waals surface area contributed by atoms with Crippen LogP contribution in [0.5, 0.6) is 0 Å². The molecule has 1 heterocycles. The molecule has 0 unspecified atom stereocenters. The molecule has 1 fully saturated rings. The van der Waals surface area contributed by atoms with Crippen LogP contribution in [0.15, 0.2) is 41.3 Å². The number of halogens is 2. The fourth-order valence-electron chi connectivity index (χ4n) is 3.01. The van der Waals surface area contributed by atoms with Gasteiger partial charge in [-0.3, -0.25) is 14.9 Å². The van der Waals surface area contributed by atoms with Crippen molar-refractivity contribution in [3.05, 3.63) is 62.9 Å². The normalized spacial score (nSPS) is 15.3. The van der Waals surface area contributed by atoms with E-state index < -0.39 is 38.0 Å². The Morgan fingerprint density at radius 1 is 1.17 bits per heavy atom. The van der Waals surface area contributed by atoms with Crippen LogP contribution in [0.4, 0.5) is 15.8 Å². The molecule has 0 spiro atoms. The molecule has 2 aromatic rings. The van der Waals surface area contributed by atoms with Gasteiger partial charge in [0.1, 0.15) is 11.5 Å². The van der Waals surface area contributed by atoms with E-state index in [2.05, 4.69) is 0 Å². The van der Waals surface area contributed by atoms with Crippen LogP contribution >= 0.6 is 11.6 Å². The van der Waals surface area contributed by atoms with Crippen molar-refractivity contribution in [2.24, 2.45) is 0 Å². The van der Waals surface area contributed by atoms with Crippen LogP contribution in [0.3, 0.4) is 0 Å². The number of piperazine rings is 1. The van der Waals surface area contributed by atoms with Gasteiger partial charge in [-0.15, -0.1) is 0 Å². The van der Waals surface area contributed by atoms with Gasteiger partial charge in [-0.05, 0) is 24.3 Å². The highest BCUT2D eigenvalue weighted by Gasteiger charge is 2.32. The Morgan fingerprint density at radius 2 is 1.83 bits per heavy atom. The van der Waals surface area contributed by atoms with Crippen molar-refractivity contribution in [1.29, 1.82) is 0 Å². The molecule has 0 bridgehead atoms. The Hall–Kier alpha value is -2.76. The van der Waals surface area contributed by atoms with Gasteiger partial charge in [0.05, 0.1) is 21.4 Å². The largest absolute Gasteiger partial charge is 0.393 e. The summed E-state index contributed by atoms with van der Waals surface area (Å²) in [6.07, 6.45) is 0. The predicted octanol–water partition coefficient (Wildman–Crippen LogP) is 2.12. The monoisotopic (exact) mass is 442 g/mol. The van der Waals surface area contributed by atoms with E-state index in [0.29, 0.717) is 6.07 Å². The number of nitro benzene ring substituents is 1. The Labute approximate surface area is 170 Å².